The van der Waals surface area contributed by atoms with E-state index < -0.39 is 0 Å². The number of hydrogen-bond donors (Lipinski definition) is 0. The van der Waals surface area contributed by atoms with Gasteiger partial charge in [-0.25, -0.2) is 0 Å². The summed E-state index contributed by atoms with van der Waals surface area (Å²) in [4.78, 5) is 0. The minimum Gasteiger partial charge on any atom is -0.185 e. The molecule has 0 N–H and O–H groups in total. The van der Waals surface area contributed by atoms with Crippen LogP contribution in [0.5, 0.6) is 0 Å². The first-order chi connectivity index (χ1) is 8.78. The molecule has 4 fully saturated rings. The van der Waals surface area contributed by atoms with Gasteiger partial charge in [0.05, 0.1) is 0 Å². The van der Waals surface area contributed by atoms with E-state index in [1.54, 1.807) is 11.8 Å². The summed E-state index contributed by atoms with van der Waals surface area (Å²) >= 11 is 1.60. The minimum atomic E-state index is 0.176. The molecule has 19 heavy (non-hydrogen) atoms. The molecule has 0 radical (unpaired) electrons. The van der Waals surface area contributed by atoms with Gasteiger partial charge in [-0.2, -0.15) is 5.26 Å². The van der Waals surface area contributed by atoms with Crippen LogP contribution in [0, 0.1) is 45.2 Å². The highest BCUT2D eigenvalue weighted by Gasteiger charge is 2.71. The lowest BCUT2D eigenvalue weighted by Crippen LogP contribution is -2.63. The molecule has 0 aromatic carbocycles. The zero-order valence-corrected chi connectivity index (χ0v) is 13.8. The first kappa shape index (κ1) is 13.8. The predicted molar refractivity (Wildman–Crippen MR) is 81.6 cm³/mol. The largest absolute Gasteiger partial charge is 0.185 e. The van der Waals surface area contributed by atoms with Crippen LogP contribution in [0.4, 0.5) is 0 Å². The Labute approximate surface area is 122 Å². The number of nitriles is 1. The van der Waals surface area contributed by atoms with Gasteiger partial charge in [0.25, 0.3) is 0 Å². The molecule has 0 aliphatic heterocycles. The maximum atomic E-state index is 9.36. The second-order valence-electron chi connectivity index (χ2n) is 8.38. The van der Waals surface area contributed by atoms with Crippen LogP contribution in [-0.2, 0) is 0 Å². The van der Waals surface area contributed by atoms with Gasteiger partial charge in [-0.1, -0.05) is 27.7 Å². The van der Waals surface area contributed by atoms with E-state index >= 15 is 0 Å². The molecule has 0 heterocycles. The predicted octanol–water partition coefficient (Wildman–Crippen LogP) is 5.08. The van der Waals surface area contributed by atoms with E-state index in [-0.39, 0.29) is 4.75 Å². The SMILES string of the molecule is CC(C)C1CC2C3(C)CCC2(C)C(C)(SC#N)C1C3. The third-order valence-electron chi connectivity index (χ3n) is 7.49. The number of nitrogens with zero attached hydrogens (tertiary/aromatic N) is 1. The first-order valence-corrected chi connectivity index (χ1v) is 8.67. The molecule has 2 heteroatoms. The summed E-state index contributed by atoms with van der Waals surface area (Å²) < 4.78 is 0.176. The second kappa shape index (κ2) is 3.94. The fourth-order valence-corrected chi connectivity index (χ4v) is 7.26. The molecule has 0 spiro atoms. The zero-order chi connectivity index (χ0) is 14.1. The fourth-order valence-electron chi connectivity index (χ4n) is 6.19. The van der Waals surface area contributed by atoms with E-state index in [9.17, 15) is 5.26 Å². The summed E-state index contributed by atoms with van der Waals surface area (Å²) in [6, 6.07) is 0. The molecule has 4 aliphatic rings. The first-order valence-electron chi connectivity index (χ1n) is 7.85. The molecule has 1 nitrogen and oxygen atoms in total. The summed E-state index contributed by atoms with van der Waals surface area (Å²) in [7, 11) is 0. The highest BCUT2D eigenvalue weighted by atomic mass is 32.2. The molecular formula is C17H27NS. The molecule has 4 saturated carbocycles. The molecule has 106 valence electrons. The van der Waals surface area contributed by atoms with Crippen molar-refractivity contribution in [3.8, 4) is 5.40 Å². The van der Waals surface area contributed by atoms with Gasteiger partial charge in [0.2, 0.25) is 0 Å². The summed E-state index contributed by atoms with van der Waals surface area (Å²) in [5, 5.41) is 11.8. The van der Waals surface area contributed by atoms with E-state index in [2.05, 4.69) is 40.0 Å². The average Bonchev–Trinajstić information content (AvgIpc) is 2.57. The van der Waals surface area contributed by atoms with Crippen LogP contribution in [0.3, 0.4) is 0 Å². The third kappa shape index (κ3) is 1.49. The summed E-state index contributed by atoms with van der Waals surface area (Å²) in [5.41, 5.74) is 0.955. The lowest BCUT2D eigenvalue weighted by Gasteiger charge is -2.66. The molecule has 0 saturated heterocycles. The monoisotopic (exact) mass is 277 g/mol. The topological polar surface area (TPSA) is 23.8 Å². The number of thiocyanates is 1. The van der Waals surface area contributed by atoms with Crippen molar-refractivity contribution in [2.45, 2.75) is 65.0 Å². The van der Waals surface area contributed by atoms with Crippen molar-refractivity contribution < 1.29 is 0 Å². The minimum absolute atomic E-state index is 0.176. The number of rotatable bonds is 2. The van der Waals surface area contributed by atoms with Crippen molar-refractivity contribution in [1.82, 2.24) is 0 Å². The molecule has 4 rings (SSSR count). The van der Waals surface area contributed by atoms with E-state index in [1.807, 2.05) is 0 Å². The van der Waals surface area contributed by atoms with Gasteiger partial charge in [-0.15, -0.1) is 0 Å². The Hall–Kier alpha value is -0.160. The highest BCUT2D eigenvalue weighted by Crippen LogP contribution is 2.77. The molecule has 0 aromatic rings. The fraction of sp³-hybridized carbons (Fsp3) is 0.941. The van der Waals surface area contributed by atoms with Crippen molar-refractivity contribution in [2.75, 3.05) is 0 Å². The van der Waals surface area contributed by atoms with Crippen molar-refractivity contribution in [3.63, 3.8) is 0 Å². The van der Waals surface area contributed by atoms with Crippen LogP contribution in [0.15, 0.2) is 0 Å². The maximum Gasteiger partial charge on any atom is 0.133 e. The molecule has 0 aromatic heterocycles. The summed E-state index contributed by atoms with van der Waals surface area (Å²) in [5.74, 6) is 3.16. The Kier molecular flexibility index (Phi) is 2.86. The van der Waals surface area contributed by atoms with Crippen LogP contribution < -0.4 is 0 Å². The van der Waals surface area contributed by atoms with Crippen molar-refractivity contribution in [3.05, 3.63) is 0 Å². The van der Waals surface area contributed by atoms with E-state index in [0.717, 1.165) is 23.7 Å². The van der Waals surface area contributed by atoms with Gasteiger partial charge >= 0.3 is 0 Å². The van der Waals surface area contributed by atoms with Gasteiger partial charge in [0.1, 0.15) is 5.40 Å². The molecule has 6 unspecified atom stereocenters. The van der Waals surface area contributed by atoms with Gasteiger partial charge in [-0.05, 0) is 78.9 Å². The highest BCUT2D eigenvalue weighted by molar-refractivity contribution is 8.05. The molecule has 4 bridgehead atoms. The van der Waals surface area contributed by atoms with Crippen LogP contribution in [-0.4, -0.2) is 4.75 Å². The lowest BCUT2D eigenvalue weighted by atomic mass is 9.43. The number of thioether (sulfide) groups is 1. The van der Waals surface area contributed by atoms with Crippen molar-refractivity contribution >= 4 is 11.8 Å². The van der Waals surface area contributed by atoms with Crippen LogP contribution in [0.2, 0.25) is 0 Å². The zero-order valence-electron chi connectivity index (χ0n) is 13.0. The van der Waals surface area contributed by atoms with Crippen LogP contribution in [0.1, 0.15) is 60.3 Å². The Morgan fingerprint density at radius 3 is 2.47 bits per heavy atom. The van der Waals surface area contributed by atoms with Gasteiger partial charge < -0.3 is 0 Å². The lowest BCUT2D eigenvalue weighted by molar-refractivity contribution is -0.108. The van der Waals surface area contributed by atoms with Crippen LogP contribution >= 0.6 is 11.8 Å². The Balaban J connectivity index is 2.09. The van der Waals surface area contributed by atoms with E-state index in [4.69, 9.17) is 0 Å². The maximum absolute atomic E-state index is 9.36. The Morgan fingerprint density at radius 1 is 1.21 bits per heavy atom. The number of fused-ring (bicyclic) bond motifs is 1. The molecule has 6 atom stereocenters. The normalized spacial score (nSPS) is 55.5. The van der Waals surface area contributed by atoms with Gasteiger partial charge in [-0.3, -0.25) is 0 Å². The van der Waals surface area contributed by atoms with E-state index in [1.165, 1.54) is 25.7 Å². The smallest absolute Gasteiger partial charge is 0.133 e. The van der Waals surface area contributed by atoms with Crippen molar-refractivity contribution in [1.29, 1.82) is 5.26 Å². The summed E-state index contributed by atoms with van der Waals surface area (Å²) in [6.45, 7) is 12.2. The molecule has 4 aliphatic carbocycles. The Morgan fingerprint density at radius 2 is 1.89 bits per heavy atom. The van der Waals surface area contributed by atoms with Gasteiger partial charge in [0, 0.05) is 4.75 Å². The van der Waals surface area contributed by atoms with Crippen molar-refractivity contribution in [2.24, 2.45) is 34.5 Å². The molecule has 0 amide bonds. The second-order valence-corrected chi connectivity index (χ2v) is 9.61. The van der Waals surface area contributed by atoms with Gasteiger partial charge in [0.15, 0.2) is 0 Å². The van der Waals surface area contributed by atoms with Crippen LogP contribution in [0.25, 0.3) is 0 Å². The Bertz CT molecular complexity index is 439. The standard InChI is InChI=1S/C17H27NS/c1-11(2)12-8-14-15(3)6-7-16(14,4)17(5,19-10-18)13(12)9-15/h11-14H,6-9H2,1-5H3. The average molecular weight is 277 g/mol. The number of hydrogen-bond acceptors (Lipinski definition) is 2. The third-order valence-corrected chi connectivity index (χ3v) is 8.78. The van der Waals surface area contributed by atoms with E-state index in [0.29, 0.717) is 10.8 Å². The molecular weight excluding hydrogens is 250 g/mol. The summed E-state index contributed by atoms with van der Waals surface area (Å²) in [6.07, 6.45) is 5.50. The quantitative estimate of drug-likeness (QED) is 0.657.